The predicted molar refractivity (Wildman–Crippen MR) is 84.6 cm³/mol. The number of hydrogen-bond donors (Lipinski definition) is 0. The third kappa shape index (κ3) is 4.15. The summed E-state index contributed by atoms with van der Waals surface area (Å²) in [5.74, 6) is 0.988. The number of hydrogen-bond acceptors (Lipinski definition) is 4. The van der Waals surface area contributed by atoms with Crippen LogP contribution in [-0.4, -0.2) is 13.3 Å². The summed E-state index contributed by atoms with van der Waals surface area (Å²) in [5, 5.41) is 0.561. The Labute approximate surface area is 134 Å². The predicted octanol–water partition coefficient (Wildman–Crippen LogP) is 4.63. The van der Waals surface area contributed by atoms with Crippen molar-refractivity contribution in [3.63, 3.8) is 0 Å². The van der Waals surface area contributed by atoms with Crippen LogP contribution in [0.1, 0.15) is 18.1 Å². The highest BCUT2D eigenvalue weighted by Gasteiger charge is 2.10. The summed E-state index contributed by atoms with van der Waals surface area (Å²) >= 11 is 6.19. The van der Waals surface area contributed by atoms with Gasteiger partial charge < -0.3 is 14.2 Å². The zero-order valence-electron chi connectivity index (χ0n) is 12.5. The number of halogens is 1. The Morgan fingerprint density at radius 3 is 2.59 bits per heavy atom. The van der Waals surface area contributed by atoms with Gasteiger partial charge in [-0.2, -0.15) is 0 Å². The molecule has 0 saturated carbocycles. The molecule has 0 N–H and O–H groups in total. The van der Waals surface area contributed by atoms with Gasteiger partial charge in [0.25, 0.3) is 0 Å². The Hall–Kier alpha value is -2.20. The lowest BCUT2D eigenvalue weighted by Crippen LogP contribution is -2.09. The molecule has 0 fully saturated rings. The van der Waals surface area contributed by atoms with E-state index < -0.39 is 6.16 Å². The largest absolute Gasteiger partial charge is 0.513 e. The fraction of sp³-hybridized carbons (Fsp3) is 0.235. The summed E-state index contributed by atoms with van der Waals surface area (Å²) in [6, 6.07) is 12.8. The molecule has 0 heterocycles. The lowest BCUT2D eigenvalue weighted by atomic mass is 10.1. The second-order valence-electron chi connectivity index (χ2n) is 4.57. The monoisotopic (exact) mass is 320 g/mol. The summed E-state index contributed by atoms with van der Waals surface area (Å²) < 4.78 is 15.3. The van der Waals surface area contributed by atoms with Crippen molar-refractivity contribution in [2.24, 2.45) is 0 Å². The SMILES string of the molecule is CCc1ccc(OCc2ccccc2OC(=O)OC)c(Cl)c1. The molecule has 0 aliphatic rings. The summed E-state index contributed by atoms with van der Waals surface area (Å²) in [7, 11) is 1.26. The minimum Gasteiger partial charge on any atom is -0.487 e. The molecule has 2 aromatic carbocycles. The first kappa shape index (κ1) is 16.2. The molecule has 0 aliphatic heterocycles. The highest BCUT2D eigenvalue weighted by Crippen LogP contribution is 2.28. The van der Waals surface area contributed by atoms with E-state index in [1.807, 2.05) is 30.3 Å². The van der Waals surface area contributed by atoms with Crippen molar-refractivity contribution in [2.75, 3.05) is 7.11 Å². The molecule has 22 heavy (non-hydrogen) atoms. The van der Waals surface area contributed by atoms with Crippen molar-refractivity contribution < 1.29 is 19.0 Å². The van der Waals surface area contributed by atoms with E-state index in [0.29, 0.717) is 16.5 Å². The van der Waals surface area contributed by atoms with Crippen LogP contribution in [0.15, 0.2) is 42.5 Å². The highest BCUT2D eigenvalue weighted by molar-refractivity contribution is 6.32. The molecule has 4 nitrogen and oxygen atoms in total. The molecule has 116 valence electrons. The molecule has 0 amide bonds. The lowest BCUT2D eigenvalue weighted by molar-refractivity contribution is 0.120. The minimum atomic E-state index is -0.766. The first-order valence-corrected chi connectivity index (χ1v) is 7.26. The first-order chi connectivity index (χ1) is 10.6. The van der Waals surface area contributed by atoms with E-state index in [1.54, 1.807) is 12.1 Å². The zero-order chi connectivity index (χ0) is 15.9. The smallest absolute Gasteiger partial charge is 0.487 e. The van der Waals surface area contributed by atoms with E-state index in [1.165, 1.54) is 7.11 Å². The summed E-state index contributed by atoms with van der Waals surface area (Å²) in [5.41, 5.74) is 1.87. The molecule has 0 atom stereocenters. The fourth-order valence-electron chi connectivity index (χ4n) is 1.89. The van der Waals surface area contributed by atoms with Crippen LogP contribution in [0.3, 0.4) is 0 Å². The van der Waals surface area contributed by atoms with E-state index in [-0.39, 0.29) is 6.61 Å². The normalized spacial score (nSPS) is 10.1. The first-order valence-electron chi connectivity index (χ1n) is 6.89. The third-order valence-corrected chi connectivity index (χ3v) is 3.42. The van der Waals surface area contributed by atoms with Crippen LogP contribution in [0.2, 0.25) is 5.02 Å². The van der Waals surface area contributed by atoms with Crippen molar-refractivity contribution in [1.82, 2.24) is 0 Å². The number of ether oxygens (including phenoxy) is 3. The summed E-state index contributed by atoms with van der Waals surface area (Å²) in [4.78, 5) is 11.2. The van der Waals surface area contributed by atoms with Gasteiger partial charge in [-0.05, 0) is 30.2 Å². The van der Waals surface area contributed by atoms with E-state index in [2.05, 4.69) is 11.7 Å². The summed E-state index contributed by atoms with van der Waals surface area (Å²) in [6.07, 6.45) is 0.147. The van der Waals surface area contributed by atoms with Crippen molar-refractivity contribution in [2.45, 2.75) is 20.0 Å². The molecular formula is C17H17ClO4. The van der Waals surface area contributed by atoms with Gasteiger partial charge in [0.1, 0.15) is 18.1 Å². The Kier molecular flexibility index (Phi) is 5.67. The molecule has 0 spiro atoms. The molecule has 0 unspecified atom stereocenters. The van der Waals surface area contributed by atoms with Gasteiger partial charge in [0.05, 0.1) is 12.1 Å². The molecule has 0 radical (unpaired) electrons. The maximum Gasteiger partial charge on any atom is 0.513 e. The van der Waals surface area contributed by atoms with E-state index in [9.17, 15) is 4.79 Å². The number of carbonyl (C=O) groups excluding carboxylic acids is 1. The number of para-hydroxylation sites is 1. The van der Waals surface area contributed by atoms with Gasteiger partial charge in [0, 0.05) is 5.56 Å². The van der Waals surface area contributed by atoms with Crippen LogP contribution >= 0.6 is 11.6 Å². The van der Waals surface area contributed by atoms with Crippen LogP contribution in [-0.2, 0) is 17.8 Å². The summed E-state index contributed by atoms with van der Waals surface area (Å²) in [6.45, 7) is 2.30. The Morgan fingerprint density at radius 2 is 1.91 bits per heavy atom. The van der Waals surface area contributed by atoms with Gasteiger partial charge in [0.2, 0.25) is 0 Å². The quantitative estimate of drug-likeness (QED) is 0.595. The molecular weight excluding hydrogens is 304 g/mol. The average Bonchev–Trinajstić information content (AvgIpc) is 2.54. The Morgan fingerprint density at radius 1 is 1.14 bits per heavy atom. The second kappa shape index (κ2) is 7.71. The van der Waals surface area contributed by atoms with Gasteiger partial charge in [-0.15, -0.1) is 0 Å². The fourth-order valence-corrected chi connectivity index (χ4v) is 2.15. The maximum absolute atomic E-state index is 11.2. The van der Waals surface area contributed by atoms with Gasteiger partial charge in [-0.1, -0.05) is 42.8 Å². The molecule has 2 aromatic rings. The number of aryl methyl sites for hydroxylation is 1. The van der Waals surface area contributed by atoms with Crippen molar-refractivity contribution in [1.29, 1.82) is 0 Å². The standard InChI is InChI=1S/C17H17ClO4/c1-3-12-8-9-16(14(18)10-12)21-11-13-6-4-5-7-15(13)22-17(19)20-2/h4-10H,3,11H2,1-2H3. The minimum absolute atomic E-state index is 0.234. The number of methoxy groups -OCH3 is 1. The Balaban J connectivity index is 2.10. The van der Waals surface area contributed by atoms with Crippen LogP contribution in [0.4, 0.5) is 4.79 Å². The van der Waals surface area contributed by atoms with E-state index >= 15 is 0 Å². The number of carbonyl (C=O) groups is 1. The molecule has 0 aliphatic carbocycles. The molecule has 0 saturated heterocycles. The van der Waals surface area contributed by atoms with Gasteiger partial charge >= 0.3 is 6.16 Å². The second-order valence-corrected chi connectivity index (χ2v) is 4.98. The Bertz CT molecular complexity index is 655. The number of benzene rings is 2. The van der Waals surface area contributed by atoms with Crippen molar-refractivity contribution in [3.05, 3.63) is 58.6 Å². The van der Waals surface area contributed by atoms with Crippen LogP contribution in [0.5, 0.6) is 11.5 Å². The lowest BCUT2D eigenvalue weighted by Gasteiger charge is -2.12. The van der Waals surface area contributed by atoms with Crippen molar-refractivity contribution >= 4 is 17.8 Å². The van der Waals surface area contributed by atoms with Crippen LogP contribution in [0.25, 0.3) is 0 Å². The van der Waals surface area contributed by atoms with E-state index in [4.69, 9.17) is 21.1 Å². The zero-order valence-corrected chi connectivity index (χ0v) is 13.2. The molecule has 0 bridgehead atoms. The van der Waals surface area contributed by atoms with Crippen LogP contribution in [0, 0.1) is 0 Å². The number of rotatable bonds is 5. The van der Waals surface area contributed by atoms with Gasteiger partial charge in [0.15, 0.2) is 0 Å². The average molecular weight is 321 g/mol. The van der Waals surface area contributed by atoms with Crippen LogP contribution < -0.4 is 9.47 Å². The highest BCUT2D eigenvalue weighted by atomic mass is 35.5. The maximum atomic E-state index is 11.2. The van der Waals surface area contributed by atoms with Crippen molar-refractivity contribution in [3.8, 4) is 11.5 Å². The molecule has 0 aromatic heterocycles. The third-order valence-electron chi connectivity index (χ3n) is 3.12. The molecule has 5 heteroatoms. The van der Waals surface area contributed by atoms with Gasteiger partial charge in [-0.3, -0.25) is 0 Å². The van der Waals surface area contributed by atoms with E-state index in [0.717, 1.165) is 17.5 Å². The van der Waals surface area contributed by atoms with Gasteiger partial charge in [-0.25, -0.2) is 4.79 Å². The molecule has 2 rings (SSSR count). The topological polar surface area (TPSA) is 44.8 Å².